The van der Waals surface area contributed by atoms with Crippen molar-refractivity contribution < 1.29 is 19.1 Å². The highest BCUT2D eigenvalue weighted by Gasteiger charge is 2.54. The lowest BCUT2D eigenvalue weighted by Crippen LogP contribution is -2.55. The maximum Gasteiger partial charge on any atom is 0.341 e. The molecule has 5 rings (SSSR count). The first-order chi connectivity index (χ1) is 13.0. The van der Waals surface area contributed by atoms with Crippen molar-refractivity contribution in [2.45, 2.75) is 69.2 Å². The Hall–Kier alpha value is -1.92. The number of benzene rings is 1. The minimum Gasteiger partial charge on any atom is -0.418 e. The smallest absolute Gasteiger partial charge is 0.341 e. The van der Waals surface area contributed by atoms with Crippen LogP contribution in [0.15, 0.2) is 24.3 Å². The summed E-state index contributed by atoms with van der Waals surface area (Å²) in [6.07, 6.45) is 6.53. The predicted molar refractivity (Wildman–Crippen MR) is 99.9 cm³/mol. The van der Waals surface area contributed by atoms with E-state index in [1.807, 2.05) is 0 Å². The predicted octanol–water partition coefficient (Wildman–Crippen LogP) is 2.75. The van der Waals surface area contributed by atoms with E-state index in [1.165, 1.54) is 0 Å². The van der Waals surface area contributed by atoms with Gasteiger partial charge in [0.1, 0.15) is 0 Å². The molecule has 0 amide bonds. The zero-order valence-corrected chi connectivity index (χ0v) is 15.6. The molecule has 2 bridgehead atoms. The fourth-order valence-electron chi connectivity index (χ4n) is 4.88. The van der Waals surface area contributed by atoms with Crippen molar-refractivity contribution in [1.29, 1.82) is 0 Å². The minimum absolute atomic E-state index is 0.0387. The van der Waals surface area contributed by atoms with Crippen LogP contribution in [0, 0.1) is 11.8 Å². The normalized spacial score (nSPS) is 33.4. The van der Waals surface area contributed by atoms with Crippen molar-refractivity contribution >= 4 is 11.9 Å². The van der Waals surface area contributed by atoms with Crippen LogP contribution >= 0.6 is 0 Å². The molecule has 146 valence electrons. The molecule has 0 atom stereocenters. The fourth-order valence-corrected chi connectivity index (χ4v) is 4.88. The van der Waals surface area contributed by atoms with E-state index in [4.69, 9.17) is 20.9 Å². The van der Waals surface area contributed by atoms with Gasteiger partial charge in [-0.25, -0.2) is 9.59 Å². The maximum absolute atomic E-state index is 12.9. The Kier molecular flexibility index (Phi) is 4.95. The molecular weight excluding hydrogens is 344 g/mol. The van der Waals surface area contributed by atoms with E-state index in [0.29, 0.717) is 11.1 Å². The highest BCUT2D eigenvalue weighted by Crippen LogP contribution is 2.47. The van der Waals surface area contributed by atoms with Crippen LogP contribution in [0.3, 0.4) is 0 Å². The van der Waals surface area contributed by atoms with Crippen molar-refractivity contribution in [3.8, 4) is 0 Å². The number of fused-ring (bicyclic) bond motifs is 6. The SMILES string of the molecule is NC1CCC(C2(C3CCC(N)CC3)OC(=O)c3ccc(cc3)C(=O)O2)CC1. The Morgan fingerprint density at radius 2 is 1.00 bits per heavy atom. The topological polar surface area (TPSA) is 105 Å². The third-order valence-corrected chi connectivity index (χ3v) is 6.54. The van der Waals surface area contributed by atoms with Gasteiger partial charge < -0.3 is 20.9 Å². The molecule has 2 aliphatic carbocycles. The molecule has 6 heteroatoms. The lowest BCUT2D eigenvalue weighted by Gasteiger charge is -2.47. The zero-order chi connectivity index (χ0) is 19.0. The molecular formula is C21H28N2O4. The number of esters is 2. The molecule has 0 saturated heterocycles. The summed E-state index contributed by atoms with van der Waals surface area (Å²) in [5.74, 6) is -2.17. The Morgan fingerprint density at radius 3 is 1.33 bits per heavy atom. The monoisotopic (exact) mass is 372 g/mol. The third kappa shape index (κ3) is 3.48. The van der Waals surface area contributed by atoms with E-state index >= 15 is 0 Å². The number of carbonyl (C=O) groups is 2. The number of hydrogen-bond donors (Lipinski definition) is 2. The van der Waals surface area contributed by atoms with Gasteiger partial charge in [0.15, 0.2) is 0 Å². The average molecular weight is 372 g/mol. The summed E-state index contributed by atoms with van der Waals surface area (Å²) >= 11 is 0. The first-order valence-corrected chi connectivity index (χ1v) is 10.1. The first-order valence-electron chi connectivity index (χ1n) is 10.1. The fraction of sp³-hybridized carbons (Fsp3) is 0.619. The van der Waals surface area contributed by atoms with Crippen LogP contribution in [0.2, 0.25) is 0 Å². The molecule has 2 aliphatic heterocycles. The van der Waals surface area contributed by atoms with Gasteiger partial charge in [0.2, 0.25) is 0 Å². The van der Waals surface area contributed by atoms with Crippen molar-refractivity contribution in [2.24, 2.45) is 23.3 Å². The Balaban J connectivity index is 1.73. The van der Waals surface area contributed by atoms with Gasteiger partial charge in [-0.1, -0.05) is 0 Å². The number of rotatable bonds is 2. The highest BCUT2D eigenvalue weighted by molar-refractivity contribution is 5.94. The van der Waals surface area contributed by atoms with Gasteiger partial charge >= 0.3 is 11.9 Å². The molecule has 4 aliphatic rings. The molecule has 0 radical (unpaired) electrons. The molecule has 0 spiro atoms. The van der Waals surface area contributed by atoms with Crippen LogP contribution in [-0.4, -0.2) is 29.8 Å². The van der Waals surface area contributed by atoms with Crippen LogP contribution in [0.5, 0.6) is 0 Å². The van der Waals surface area contributed by atoms with E-state index in [0.717, 1.165) is 51.4 Å². The molecule has 0 aromatic heterocycles. The van der Waals surface area contributed by atoms with E-state index in [1.54, 1.807) is 24.3 Å². The summed E-state index contributed by atoms with van der Waals surface area (Å²) in [5, 5.41) is 0. The van der Waals surface area contributed by atoms with Gasteiger partial charge in [0.05, 0.1) is 11.1 Å². The molecule has 0 unspecified atom stereocenters. The molecule has 2 fully saturated rings. The Morgan fingerprint density at radius 1 is 0.667 bits per heavy atom. The summed E-state index contributed by atoms with van der Waals surface area (Å²) in [6, 6.07) is 6.82. The van der Waals surface area contributed by atoms with Crippen LogP contribution < -0.4 is 11.5 Å². The van der Waals surface area contributed by atoms with E-state index in [9.17, 15) is 9.59 Å². The number of ether oxygens (including phenoxy) is 2. The molecule has 6 nitrogen and oxygen atoms in total. The first kappa shape index (κ1) is 18.4. The molecule has 2 heterocycles. The summed E-state index contributed by atoms with van der Waals surface area (Å²) in [4.78, 5) is 25.8. The van der Waals surface area contributed by atoms with E-state index < -0.39 is 17.7 Å². The average Bonchev–Trinajstić information content (AvgIpc) is 2.76. The van der Waals surface area contributed by atoms with Crippen molar-refractivity contribution in [3.05, 3.63) is 35.4 Å². The second-order valence-electron chi connectivity index (χ2n) is 8.30. The number of nitrogens with two attached hydrogens (primary N) is 2. The largest absolute Gasteiger partial charge is 0.418 e. The second kappa shape index (κ2) is 7.24. The lowest BCUT2D eigenvalue weighted by molar-refractivity contribution is -0.245. The van der Waals surface area contributed by atoms with Crippen LogP contribution in [-0.2, 0) is 9.47 Å². The molecule has 4 N–H and O–H groups in total. The Bertz CT molecular complexity index is 640. The summed E-state index contributed by atoms with van der Waals surface area (Å²) in [6.45, 7) is 0. The van der Waals surface area contributed by atoms with Crippen molar-refractivity contribution in [2.75, 3.05) is 0 Å². The van der Waals surface area contributed by atoms with Crippen LogP contribution in [0.4, 0.5) is 0 Å². The quantitative estimate of drug-likeness (QED) is 0.774. The van der Waals surface area contributed by atoms with Gasteiger partial charge in [-0.05, 0) is 75.6 Å². The molecule has 2 saturated carbocycles. The maximum atomic E-state index is 12.9. The van der Waals surface area contributed by atoms with Crippen molar-refractivity contribution in [1.82, 2.24) is 0 Å². The molecule has 1 aromatic rings. The van der Waals surface area contributed by atoms with Crippen molar-refractivity contribution in [3.63, 3.8) is 0 Å². The lowest BCUT2D eigenvalue weighted by atomic mass is 9.71. The van der Waals surface area contributed by atoms with Gasteiger partial charge in [-0.3, -0.25) is 0 Å². The van der Waals surface area contributed by atoms with Gasteiger partial charge in [0.25, 0.3) is 5.79 Å². The van der Waals surface area contributed by atoms with E-state index in [2.05, 4.69) is 0 Å². The highest BCUT2D eigenvalue weighted by atomic mass is 16.7. The van der Waals surface area contributed by atoms with Crippen LogP contribution in [0.1, 0.15) is 72.1 Å². The summed E-state index contributed by atoms with van der Waals surface area (Å²) in [7, 11) is 0. The minimum atomic E-state index is -1.23. The van der Waals surface area contributed by atoms with Gasteiger partial charge in [-0.2, -0.15) is 0 Å². The summed E-state index contributed by atoms with van der Waals surface area (Å²) < 4.78 is 12.2. The third-order valence-electron chi connectivity index (χ3n) is 6.54. The Labute approximate surface area is 159 Å². The van der Waals surface area contributed by atoms with Gasteiger partial charge in [0, 0.05) is 23.9 Å². The summed E-state index contributed by atoms with van der Waals surface area (Å²) in [5.41, 5.74) is 13.1. The molecule has 27 heavy (non-hydrogen) atoms. The number of hydrogen-bond acceptors (Lipinski definition) is 6. The standard InChI is InChI=1S/C21H28N2O4/c22-17-9-5-15(6-10-17)21(16-7-11-18(23)12-8-16)26-19(24)13-1-2-14(4-3-13)20(25)27-21/h1-4,15-18H,5-12,22-23H2. The zero-order valence-electron chi connectivity index (χ0n) is 15.6. The van der Waals surface area contributed by atoms with E-state index in [-0.39, 0.29) is 23.9 Å². The number of carbonyl (C=O) groups excluding carboxylic acids is 2. The van der Waals surface area contributed by atoms with Gasteiger partial charge in [-0.15, -0.1) is 0 Å². The molecule has 1 aromatic carbocycles. The second-order valence-corrected chi connectivity index (χ2v) is 8.30. The van der Waals surface area contributed by atoms with Crippen LogP contribution in [0.25, 0.3) is 0 Å².